The van der Waals surface area contributed by atoms with Gasteiger partial charge in [-0.05, 0) is 48.5 Å². The van der Waals surface area contributed by atoms with Gasteiger partial charge in [0, 0.05) is 18.7 Å². The molecule has 1 aromatic rings. The minimum atomic E-state index is -1.87. The Balaban J connectivity index is 2.23. The quantitative estimate of drug-likeness (QED) is 0.388. The molecule has 1 saturated carbocycles. The molecule has 1 fully saturated rings. The van der Waals surface area contributed by atoms with E-state index in [1.807, 2.05) is 0 Å². The first kappa shape index (κ1) is 23.1. The summed E-state index contributed by atoms with van der Waals surface area (Å²) in [4.78, 5) is 0. The van der Waals surface area contributed by atoms with E-state index in [0.717, 1.165) is 30.2 Å². The first-order chi connectivity index (χ1) is 12.8. The second-order valence-corrected chi connectivity index (χ2v) is 13.8. The van der Waals surface area contributed by atoms with Gasteiger partial charge in [-0.2, -0.15) is 0 Å². The predicted molar refractivity (Wildman–Crippen MR) is 117 cm³/mol. The molecule has 2 nitrogen and oxygen atoms in total. The lowest BCUT2D eigenvalue weighted by molar-refractivity contribution is 0.178. The fourth-order valence-electron chi connectivity index (χ4n) is 4.28. The van der Waals surface area contributed by atoms with E-state index in [2.05, 4.69) is 33.0 Å². The molecule has 6 heteroatoms. The molecular weight excluding hydrogens is 400 g/mol. The minimum absolute atomic E-state index is 0.248. The first-order valence-corrected chi connectivity index (χ1v) is 13.6. The maximum absolute atomic E-state index is 13.7. The zero-order valence-corrected chi connectivity index (χ0v) is 19.7. The summed E-state index contributed by atoms with van der Waals surface area (Å²) in [5, 5.41) is 4.32. The van der Waals surface area contributed by atoms with Crippen LogP contribution in [0.4, 0.5) is 4.39 Å². The van der Waals surface area contributed by atoms with E-state index in [1.165, 1.54) is 37.8 Å². The van der Waals surface area contributed by atoms with Crippen molar-refractivity contribution in [2.45, 2.75) is 77.6 Å². The van der Waals surface area contributed by atoms with Crippen LogP contribution >= 0.6 is 23.2 Å². The molecular formula is C21H34Cl2FNOSi. The molecule has 1 aliphatic carbocycles. The second-order valence-electron chi connectivity index (χ2n) is 8.28. The molecule has 0 saturated heterocycles. The van der Waals surface area contributed by atoms with Crippen LogP contribution in [0.3, 0.4) is 0 Å². The molecule has 0 aromatic heterocycles. The van der Waals surface area contributed by atoms with Gasteiger partial charge in [-0.25, -0.2) is 4.39 Å². The SMILES string of the molecule is CC[Si](CC)(CC)OC(CNCC1(C)CCCC1)c1c(Cl)cc(F)cc1Cl. The Labute approximate surface area is 175 Å². The molecule has 0 bridgehead atoms. The molecule has 1 N–H and O–H groups in total. The van der Waals surface area contributed by atoms with Gasteiger partial charge in [0.2, 0.25) is 0 Å². The standard InChI is InChI=1S/C21H34Cl2FNOSi/c1-5-27(6-2,7-3)26-19(14-25-15-21(4)10-8-9-11-21)20-17(22)12-16(24)13-18(20)23/h12-13,19,25H,5-11,14-15H2,1-4H3. The van der Waals surface area contributed by atoms with Crippen LogP contribution < -0.4 is 5.32 Å². The van der Waals surface area contributed by atoms with Gasteiger partial charge in [-0.1, -0.05) is 63.7 Å². The minimum Gasteiger partial charge on any atom is -0.409 e. The van der Waals surface area contributed by atoms with E-state index in [0.29, 0.717) is 22.0 Å². The first-order valence-electron chi connectivity index (χ1n) is 10.3. The molecule has 1 atom stereocenters. The molecule has 0 spiro atoms. The van der Waals surface area contributed by atoms with Crippen molar-refractivity contribution >= 4 is 31.5 Å². The number of hydrogen-bond donors (Lipinski definition) is 1. The lowest BCUT2D eigenvalue weighted by Crippen LogP contribution is -2.41. The average molecular weight is 434 g/mol. The topological polar surface area (TPSA) is 21.3 Å². The summed E-state index contributed by atoms with van der Waals surface area (Å²) in [6.45, 7) is 10.6. The summed E-state index contributed by atoms with van der Waals surface area (Å²) in [6.07, 6.45) is 4.90. The third kappa shape index (κ3) is 5.93. The molecule has 27 heavy (non-hydrogen) atoms. The van der Waals surface area contributed by atoms with Gasteiger partial charge in [0.15, 0.2) is 8.32 Å². The molecule has 0 radical (unpaired) electrons. The summed E-state index contributed by atoms with van der Waals surface area (Å²) in [7, 11) is -1.87. The van der Waals surface area contributed by atoms with Crippen molar-refractivity contribution in [1.29, 1.82) is 0 Å². The van der Waals surface area contributed by atoms with Crippen LogP contribution in [0.5, 0.6) is 0 Å². The van der Waals surface area contributed by atoms with Crippen LogP contribution in [0.1, 0.15) is 65.0 Å². The number of benzene rings is 1. The van der Waals surface area contributed by atoms with Crippen LogP contribution in [0, 0.1) is 11.2 Å². The van der Waals surface area contributed by atoms with Gasteiger partial charge < -0.3 is 9.74 Å². The van der Waals surface area contributed by atoms with Gasteiger partial charge in [0.1, 0.15) is 5.82 Å². The fraction of sp³-hybridized carbons (Fsp3) is 0.714. The van der Waals surface area contributed by atoms with E-state index in [9.17, 15) is 4.39 Å². The van der Waals surface area contributed by atoms with Crippen molar-refractivity contribution in [2.75, 3.05) is 13.1 Å². The largest absolute Gasteiger partial charge is 0.409 e. The van der Waals surface area contributed by atoms with Crippen molar-refractivity contribution in [3.05, 3.63) is 33.6 Å². The Morgan fingerprint density at radius 2 is 1.63 bits per heavy atom. The number of hydrogen-bond acceptors (Lipinski definition) is 2. The van der Waals surface area contributed by atoms with Gasteiger partial charge >= 0.3 is 0 Å². The molecule has 0 aliphatic heterocycles. The van der Waals surface area contributed by atoms with E-state index < -0.39 is 14.1 Å². The molecule has 1 aliphatic rings. The number of rotatable bonds is 10. The summed E-state index contributed by atoms with van der Waals surface area (Å²) >= 11 is 12.8. The van der Waals surface area contributed by atoms with E-state index in [1.54, 1.807) is 0 Å². The smallest absolute Gasteiger partial charge is 0.192 e. The van der Waals surface area contributed by atoms with Gasteiger partial charge in [-0.3, -0.25) is 0 Å². The summed E-state index contributed by atoms with van der Waals surface area (Å²) < 4.78 is 20.5. The zero-order valence-electron chi connectivity index (χ0n) is 17.1. The molecule has 0 amide bonds. The second kappa shape index (κ2) is 10.1. The van der Waals surface area contributed by atoms with Crippen molar-refractivity contribution < 1.29 is 8.82 Å². The zero-order chi connectivity index (χ0) is 20.1. The lowest BCUT2D eigenvalue weighted by Gasteiger charge is -2.35. The third-order valence-corrected chi connectivity index (χ3v) is 11.7. The number of nitrogens with one attached hydrogen (secondary N) is 1. The van der Waals surface area contributed by atoms with Crippen molar-refractivity contribution in [3.8, 4) is 0 Å². The van der Waals surface area contributed by atoms with Crippen LogP contribution in [0.2, 0.25) is 28.2 Å². The highest BCUT2D eigenvalue weighted by atomic mass is 35.5. The highest BCUT2D eigenvalue weighted by Crippen LogP contribution is 2.39. The predicted octanol–water partition coefficient (Wildman–Crippen LogP) is 7.37. The highest BCUT2D eigenvalue weighted by Gasteiger charge is 2.35. The Hall–Kier alpha value is -0.133. The Morgan fingerprint density at radius 3 is 2.11 bits per heavy atom. The van der Waals surface area contributed by atoms with Crippen LogP contribution in [0.25, 0.3) is 0 Å². The maximum atomic E-state index is 13.7. The lowest BCUT2D eigenvalue weighted by atomic mass is 9.89. The number of halogens is 3. The Kier molecular flexibility index (Phi) is 8.63. The van der Waals surface area contributed by atoms with Crippen LogP contribution in [0.15, 0.2) is 12.1 Å². The summed E-state index contributed by atoms with van der Waals surface area (Å²) in [5.74, 6) is -0.413. The Bertz CT molecular complexity index is 587. The normalized spacial score (nSPS) is 18.0. The third-order valence-electron chi connectivity index (χ3n) is 6.38. The van der Waals surface area contributed by atoms with Crippen molar-refractivity contribution in [2.24, 2.45) is 5.41 Å². The van der Waals surface area contributed by atoms with Crippen LogP contribution in [-0.2, 0) is 4.43 Å². The highest BCUT2D eigenvalue weighted by molar-refractivity contribution is 6.73. The summed E-state index contributed by atoms with van der Waals surface area (Å²) in [6, 6.07) is 5.81. The van der Waals surface area contributed by atoms with Gasteiger partial charge in [0.05, 0.1) is 16.1 Å². The van der Waals surface area contributed by atoms with Gasteiger partial charge in [-0.15, -0.1) is 0 Å². The Morgan fingerprint density at radius 1 is 1.11 bits per heavy atom. The summed E-state index contributed by atoms with van der Waals surface area (Å²) in [5.41, 5.74) is 1.08. The van der Waals surface area contributed by atoms with Gasteiger partial charge in [0.25, 0.3) is 0 Å². The average Bonchev–Trinajstić information content (AvgIpc) is 3.05. The maximum Gasteiger partial charge on any atom is 0.192 e. The fourth-order valence-corrected chi connectivity index (χ4v) is 7.78. The van der Waals surface area contributed by atoms with Crippen LogP contribution in [-0.4, -0.2) is 21.4 Å². The van der Waals surface area contributed by atoms with E-state index in [-0.39, 0.29) is 6.10 Å². The van der Waals surface area contributed by atoms with E-state index >= 15 is 0 Å². The monoisotopic (exact) mass is 433 g/mol. The molecule has 0 heterocycles. The molecule has 154 valence electrons. The van der Waals surface area contributed by atoms with Crippen molar-refractivity contribution in [3.63, 3.8) is 0 Å². The molecule has 2 rings (SSSR count). The van der Waals surface area contributed by atoms with Crippen molar-refractivity contribution in [1.82, 2.24) is 5.32 Å². The van der Waals surface area contributed by atoms with E-state index in [4.69, 9.17) is 27.6 Å². The molecule has 1 unspecified atom stereocenters. The molecule has 1 aromatic carbocycles.